The fourth-order valence-corrected chi connectivity index (χ4v) is 2.10. The first-order valence-corrected chi connectivity index (χ1v) is 5.92. The van der Waals surface area contributed by atoms with E-state index >= 15 is 0 Å². The Kier molecular flexibility index (Phi) is 4.17. The Bertz CT molecular complexity index is 351. The number of pyridine rings is 1. The van der Waals surface area contributed by atoms with Crippen molar-refractivity contribution in [2.75, 3.05) is 51.3 Å². The zero-order chi connectivity index (χ0) is 12.1. The lowest BCUT2D eigenvalue weighted by atomic mass is 10.3. The Morgan fingerprint density at radius 1 is 1.35 bits per heavy atom. The summed E-state index contributed by atoms with van der Waals surface area (Å²) in [5.41, 5.74) is 0. The Hall–Kier alpha value is -1.33. The number of ether oxygens (including phenoxy) is 1. The average Bonchev–Trinajstić information content (AvgIpc) is 2.40. The first-order valence-electron chi connectivity index (χ1n) is 5.92. The van der Waals surface area contributed by atoms with Gasteiger partial charge in [-0.2, -0.15) is 0 Å². The summed E-state index contributed by atoms with van der Waals surface area (Å²) < 4.78 is 5.32. The van der Waals surface area contributed by atoms with E-state index in [4.69, 9.17) is 9.84 Å². The van der Waals surface area contributed by atoms with Crippen LogP contribution in [0.4, 0.5) is 5.82 Å². The van der Waals surface area contributed by atoms with Crippen LogP contribution in [0.1, 0.15) is 0 Å². The van der Waals surface area contributed by atoms with Crippen molar-refractivity contribution in [3.8, 4) is 5.75 Å². The zero-order valence-electron chi connectivity index (χ0n) is 10.2. The standard InChI is InChI=1S/C12H19N3O2/c1-17-11-3-2-4-13-12(11)15-7-5-14(6-8-15)9-10-16/h2-4,16H,5-10H2,1H3. The van der Waals surface area contributed by atoms with Gasteiger partial charge in [0.15, 0.2) is 11.6 Å². The van der Waals surface area contributed by atoms with Crippen molar-refractivity contribution in [2.24, 2.45) is 0 Å². The number of rotatable bonds is 4. The maximum absolute atomic E-state index is 8.90. The molecule has 5 nitrogen and oxygen atoms in total. The number of aliphatic hydroxyl groups is 1. The minimum absolute atomic E-state index is 0.229. The summed E-state index contributed by atoms with van der Waals surface area (Å²) in [4.78, 5) is 8.86. The molecule has 1 N–H and O–H groups in total. The molecule has 0 aliphatic carbocycles. The van der Waals surface area contributed by atoms with Crippen molar-refractivity contribution < 1.29 is 9.84 Å². The number of nitrogens with zero attached hydrogens (tertiary/aromatic N) is 3. The van der Waals surface area contributed by atoms with Crippen molar-refractivity contribution in [3.63, 3.8) is 0 Å². The number of piperazine rings is 1. The largest absolute Gasteiger partial charge is 0.493 e. The van der Waals surface area contributed by atoms with E-state index in [0.29, 0.717) is 0 Å². The van der Waals surface area contributed by atoms with E-state index in [1.165, 1.54) is 0 Å². The zero-order valence-corrected chi connectivity index (χ0v) is 10.2. The predicted octanol–water partition coefficient (Wildman–Crippen LogP) is 0.204. The minimum Gasteiger partial charge on any atom is -0.493 e. The lowest BCUT2D eigenvalue weighted by Crippen LogP contribution is -2.47. The molecule has 0 amide bonds. The minimum atomic E-state index is 0.229. The van der Waals surface area contributed by atoms with Gasteiger partial charge >= 0.3 is 0 Å². The highest BCUT2D eigenvalue weighted by atomic mass is 16.5. The number of hydrogen-bond donors (Lipinski definition) is 1. The molecule has 0 unspecified atom stereocenters. The monoisotopic (exact) mass is 237 g/mol. The molecule has 2 rings (SSSR count). The third kappa shape index (κ3) is 2.87. The molecular weight excluding hydrogens is 218 g/mol. The van der Waals surface area contributed by atoms with E-state index in [2.05, 4.69) is 14.8 Å². The maximum Gasteiger partial charge on any atom is 0.171 e. The van der Waals surface area contributed by atoms with Gasteiger partial charge in [-0.3, -0.25) is 4.90 Å². The predicted molar refractivity (Wildman–Crippen MR) is 66.5 cm³/mol. The summed E-state index contributed by atoms with van der Waals surface area (Å²) in [7, 11) is 1.67. The number of aromatic nitrogens is 1. The molecule has 0 bridgehead atoms. The molecule has 1 aromatic rings. The van der Waals surface area contributed by atoms with Crippen LogP contribution >= 0.6 is 0 Å². The first kappa shape index (κ1) is 12.1. The van der Waals surface area contributed by atoms with E-state index in [-0.39, 0.29) is 6.61 Å². The van der Waals surface area contributed by atoms with Crippen LogP contribution in [0, 0.1) is 0 Å². The van der Waals surface area contributed by atoms with Crippen molar-refractivity contribution in [1.29, 1.82) is 0 Å². The molecule has 94 valence electrons. The number of β-amino-alcohol motifs (C(OH)–C–C–N with tert-alkyl or cyclic N) is 1. The van der Waals surface area contributed by atoms with Crippen LogP contribution in [0.5, 0.6) is 5.75 Å². The van der Waals surface area contributed by atoms with E-state index in [1.54, 1.807) is 13.3 Å². The highest BCUT2D eigenvalue weighted by Crippen LogP contribution is 2.25. The van der Waals surface area contributed by atoms with Crippen LogP contribution in [-0.2, 0) is 0 Å². The molecule has 1 aromatic heterocycles. The van der Waals surface area contributed by atoms with Gasteiger partial charge in [0.2, 0.25) is 0 Å². The summed E-state index contributed by atoms with van der Waals surface area (Å²) >= 11 is 0. The van der Waals surface area contributed by atoms with Crippen LogP contribution < -0.4 is 9.64 Å². The topological polar surface area (TPSA) is 48.8 Å². The molecule has 5 heteroatoms. The molecule has 17 heavy (non-hydrogen) atoms. The van der Waals surface area contributed by atoms with Crippen molar-refractivity contribution in [1.82, 2.24) is 9.88 Å². The van der Waals surface area contributed by atoms with E-state index in [0.717, 1.165) is 44.3 Å². The van der Waals surface area contributed by atoms with Gasteiger partial charge in [0, 0.05) is 38.9 Å². The summed E-state index contributed by atoms with van der Waals surface area (Å²) in [6.07, 6.45) is 1.79. The van der Waals surface area contributed by atoms with Crippen molar-refractivity contribution in [2.45, 2.75) is 0 Å². The van der Waals surface area contributed by atoms with Crippen molar-refractivity contribution >= 4 is 5.82 Å². The highest BCUT2D eigenvalue weighted by molar-refractivity contribution is 5.52. The fraction of sp³-hybridized carbons (Fsp3) is 0.583. The number of anilines is 1. The first-order chi connectivity index (χ1) is 8.35. The van der Waals surface area contributed by atoms with Gasteiger partial charge in [0.05, 0.1) is 13.7 Å². The Labute approximate surface area is 102 Å². The lowest BCUT2D eigenvalue weighted by molar-refractivity contribution is 0.188. The van der Waals surface area contributed by atoms with Crippen LogP contribution in [0.15, 0.2) is 18.3 Å². The second-order valence-electron chi connectivity index (χ2n) is 4.08. The molecule has 1 aliphatic heterocycles. The lowest BCUT2D eigenvalue weighted by Gasteiger charge is -2.35. The van der Waals surface area contributed by atoms with Crippen LogP contribution in [0.25, 0.3) is 0 Å². The second kappa shape index (κ2) is 5.84. The molecule has 0 spiro atoms. The maximum atomic E-state index is 8.90. The van der Waals surface area contributed by atoms with Gasteiger partial charge in [-0.1, -0.05) is 0 Å². The molecule has 0 radical (unpaired) electrons. The molecule has 2 heterocycles. The van der Waals surface area contributed by atoms with E-state index in [1.807, 2.05) is 12.1 Å². The third-order valence-corrected chi connectivity index (χ3v) is 3.06. The average molecular weight is 237 g/mol. The van der Waals surface area contributed by atoms with Gasteiger partial charge in [0.25, 0.3) is 0 Å². The second-order valence-corrected chi connectivity index (χ2v) is 4.08. The Morgan fingerprint density at radius 2 is 2.12 bits per heavy atom. The number of aliphatic hydroxyl groups excluding tert-OH is 1. The highest BCUT2D eigenvalue weighted by Gasteiger charge is 2.19. The molecule has 1 fully saturated rings. The van der Waals surface area contributed by atoms with Gasteiger partial charge in [-0.25, -0.2) is 4.98 Å². The molecule has 1 aliphatic rings. The molecule has 0 atom stereocenters. The van der Waals surface area contributed by atoms with E-state index in [9.17, 15) is 0 Å². The summed E-state index contributed by atoms with van der Waals surface area (Å²) in [5, 5.41) is 8.90. The van der Waals surface area contributed by atoms with Crippen LogP contribution in [0.2, 0.25) is 0 Å². The van der Waals surface area contributed by atoms with Gasteiger partial charge in [-0.15, -0.1) is 0 Å². The summed E-state index contributed by atoms with van der Waals surface area (Å²) in [5.74, 6) is 1.74. The van der Waals surface area contributed by atoms with Gasteiger partial charge in [0.1, 0.15) is 0 Å². The quantitative estimate of drug-likeness (QED) is 0.811. The van der Waals surface area contributed by atoms with Crippen molar-refractivity contribution in [3.05, 3.63) is 18.3 Å². The van der Waals surface area contributed by atoms with E-state index < -0.39 is 0 Å². The van der Waals surface area contributed by atoms with Crippen LogP contribution in [-0.4, -0.2) is 61.4 Å². The number of methoxy groups -OCH3 is 1. The molecule has 0 saturated carbocycles. The number of hydrogen-bond acceptors (Lipinski definition) is 5. The summed E-state index contributed by atoms with van der Waals surface area (Å²) in [6, 6.07) is 3.81. The SMILES string of the molecule is COc1cccnc1N1CCN(CCO)CC1. The normalized spacial score (nSPS) is 17.2. The molecule has 0 aromatic carbocycles. The van der Waals surface area contributed by atoms with Gasteiger partial charge in [-0.05, 0) is 12.1 Å². The summed E-state index contributed by atoms with van der Waals surface area (Å²) in [6.45, 7) is 4.75. The van der Waals surface area contributed by atoms with Gasteiger partial charge < -0.3 is 14.7 Å². The molecule has 1 saturated heterocycles. The molecular formula is C12H19N3O2. The smallest absolute Gasteiger partial charge is 0.171 e. The van der Waals surface area contributed by atoms with Crippen LogP contribution in [0.3, 0.4) is 0 Å². The Balaban J connectivity index is 2.00. The Morgan fingerprint density at radius 3 is 2.76 bits per heavy atom. The third-order valence-electron chi connectivity index (χ3n) is 3.06. The fourth-order valence-electron chi connectivity index (χ4n) is 2.10.